The highest BCUT2D eigenvalue weighted by Crippen LogP contribution is 2.42. The lowest BCUT2D eigenvalue weighted by Crippen LogP contribution is -2.36. The fourth-order valence-electron chi connectivity index (χ4n) is 2.92. The van der Waals surface area contributed by atoms with Crippen molar-refractivity contribution in [3.05, 3.63) is 34.9 Å². The Kier molecular flexibility index (Phi) is 2.78. The number of primary amides is 1. The molecule has 1 aliphatic heterocycles. The molecule has 1 amide bonds. The molecule has 0 fully saturated rings. The number of halogens is 1. The molecule has 1 unspecified atom stereocenters. The first kappa shape index (κ1) is 11.6. The second-order valence-corrected chi connectivity index (χ2v) is 5.35. The number of rotatable bonds is 1. The minimum Gasteiger partial charge on any atom is -0.377 e. The van der Waals surface area contributed by atoms with Crippen LogP contribution in [-0.2, 0) is 4.79 Å². The van der Waals surface area contributed by atoms with Gasteiger partial charge in [-0.3, -0.25) is 4.79 Å². The Labute approximate surface area is 111 Å². The summed E-state index contributed by atoms with van der Waals surface area (Å²) in [5.41, 5.74) is 8.86. The maximum Gasteiger partial charge on any atom is 0.222 e. The van der Waals surface area contributed by atoms with Crippen LogP contribution in [0.3, 0.4) is 0 Å². The second kappa shape index (κ2) is 4.32. The van der Waals surface area contributed by atoms with Crippen molar-refractivity contribution < 1.29 is 4.79 Å². The zero-order valence-electron chi connectivity index (χ0n) is 9.95. The van der Waals surface area contributed by atoms with Gasteiger partial charge in [-0.1, -0.05) is 17.7 Å². The summed E-state index contributed by atoms with van der Waals surface area (Å²) in [6.07, 6.45) is 5.05. The molecule has 2 aliphatic rings. The predicted octanol–water partition coefficient (Wildman–Crippen LogP) is 2.80. The quantitative estimate of drug-likeness (QED) is 0.818. The summed E-state index contributed by atoms with van der Waals surface area (Å²) in [6.45, 7) is 0. The molecule has 0 bridgehead atoms. The molecule has 3 nitrogen and oxygen atoms in total. The highest BCUT2D eigenvalue weighted by atomic mass is 35.5. The third-order valence-corrected chi connectivity index (χ3v) is 4.03. The summed E-state index contributed by atoms with van der Waals surface area (Å²) in [6, 6.07) is 5.79. The fraction of sp³-hybridized carbons (Fsp3) is 0.357. The maximum atomic E-state index is 11.6. The van der Waals surface area contributed by atoms with Gasteiger partial charge in [0.2, 0.25) is 5.91 Å². The van der Waals surface area contributed by atoms with E-state index in [1.807, 2.05) is 18.2 Å². The van der Waals surface area contributed by atoms with E-state index in [-0.39, 0.29) is 17.9 Å². The van der Waals surface area contributed by atoms with Crippen LogP contribution in [0.5, 0.6) is 0 Å². The van der Waals surface area contributed by atoms with Crippen LogP contribution >= 0.6 is 11.6 Å². The van der Waals surface area contributed by atoms with Crippen LogP contribution < -0.4 is 11.1 Å². The van der Waals surface area contributed by atoms with Crippen LogP contribution in [0.1, 0.15) is 24.8 Å². The zero-order chi connectivity index (χ0) is 12.7. The number of carbonyl (C=O) groups excluding carboxylic acids is 1. The van der Waals surface area contributed by atoms with Gasteiger partial charge >= 0.3 is 0 Å². The topological polar surface area (TPSA) is 55.1 Å². The molecule has 3 rings (SSSR count). The zero-order valence-corrected chi connectivity index (χ0v) is 10.7. The van der Waals surface area contributed by atoms with Crippen molar-refractivity contribution in [3.63, 3.8) is 0 Å². The first-order chi connectivity index (χ1) is 8.66. The molecule has 0 saturated heterocycles. The Hall–Kier alpha value is -1.48. The van der Waals surface area contributed by atoms with Gasteiger partial charge in [-0.05, 0) is 43.0 Å². The lowest BCUT2D eigenvalue weighted by molar-refractivity contribution is -0.122. The predicted molar refractivity (Wildman–Crippen MR) is 73.4 cm³/mol. The van der Waals surface area contributed by atoms with Crippen LogP contribution in [0.2, 0.25) is 5.02 Å². The highest BCUT2D eigenvalue weighted by Gasteiger charge is 2.36. The lowest BCUT2D eigenvalue weighted by atomic mass is 9.90. The summed E-state index contributed by atoms with van der Waals surface area (Å²) in [7, 11) is 0. The van der Waals surface area contributed by atoms with E-state index in [9.17, 15) is 4.79 Å². The first-order valence-electron chi connectivity index (χ1n) is 6.22. The van der Waals surface area contributed by atoms with Crippen LogP contribution in [0, 0.1) is 5.92 Å². The minimum atomic E-state index is -0.223. The van der Waals surface area contributed by atoms with E-state index in [0.717, 1.165) is 35.5 Å². The van der Waals surface area contributed by atoms with Gasteiger partial charge in [0.05, 0.1) is 12.0 Å². The molecule has 2 atom stereocenters. The van der Waals surface area contributed by atoms with E-state index in [4.69, 9.17) is 17.3 Å². The Morgan fingerprint density at radius 2 is 2.28 bits per heavy atom. The monoisotopic (exact) mass is 262 g/mol. The molecule has 0 spiro atoms. The lowest BCUT2D eigenvalue weighted by Gasteiger charge is -2.20. The summed E-state index contributed by atoms with van der Waals surface area (Å²) in [5, 5.41) is 4.13. The minimum absolute atomic E-state index is 0.0125. The summed E-state index contributed by atoms with van der Waals surface area (Å²) in [5.74, 6) is -0.357. The Morgan fingerprint density at radius 3 is 3.06 bits per heavy atom. The van der Waals surface area contributed by atoms with Gasteiger partial charge in [-0.25, -0.2) is 0 Å². The van der Waals surface area contributed by atoms with Crippen LogP contribution in [-0.4, -0.2) is 11.9 Å². The van der Waals surface area contributed by atoms with E-state index in [2.05, 4.69) is 11.4 Å². The van der Waals surface area contributed by atoms with Gasteiger partial charge in [0.15, 0.2) is 0 Å². The van der Waals surface area contributed by atoms with Crippen LogP contribution in [0.15, 0.2) is 24.3 Å². The van der Waals surface area contributed by atoms with Gasteiger partial charge in [-0.2, -0.15) is 0 Å². The normalized spacial score (nSPS) is 25.5. The second-order valence-electron chi connectivity index (χ2n) is 4.91. The Bertz CT molecular complexity index is 539. The number of benzene rings is 1. The fourth-order valence-corrected chi connectivity index (χ4v) is 3.09. The largest absolute Gasteiger partial charge is 0.377 e. The standard InChI is InChI=1S/C14H15ClN2O/c15-8-5-6-12-11(7-8)9-3-1-2-4-10(14(16)18)13(9)17-12/h3,5-7,10,13,17H,1-2,4H2,(H2,16,18)/t10-,13?/m0/s1. The Morgan fingerprint density at radius 1 is 1.44 bits per heavy atom. The van der Waals surface area contributed by atoms with E-state index in [0.29, 0.717) is 0 Å². The van der Waals surface area contributed by atoms with Gasteiger partial charge < -0.3 is 11.1 Å². The average Bonchev–Trinajstić information content (AvgIpc) is 2.55. The number of fused-ring (bicyclic) bond motifs is 3. The number of amides is 1. The molecule has 1 aromatic rings. The van der Waals surface area contributed by atoms with Gasteiger partial charge in [0.1, 0.15) is 0 Å². The average molecular weight is 263 g/mol. The van der Waals surface area contributed by atoms with Crippen molar-refractivity contribution in [1.29, 1.82) is 0 Å². The Balaban J connectivity index is 2.06. The molecule has 0 saturated carbocycles. The SMILES string of the molecule is NC(=O)[C@H]1CCCC=C2c3cc(Cl)ccc3NC21. The molecule has 18 heavy (non-hydrogen) atoms. The summed E-state index contributed by atoms with van der Waals surface area (Å²) in [4.78, 5) is 11.6. The van der Waals surface area contributed by atoms with Crippen molar-refractivity contribution in [3.8, 4) is 0 Å². The van der Waals surface area contributed by atoms with Gasteiger partial charge in [0.25, 0.3) is 0 Å². The number of allylic oxidation sites excluding steroid dienone is 1. The first-order valence-corrected chi connectivity index (χ1v) is 6.60. The number of hydrogen-bond acceptors (Lipinski definition) is 2. The highest BCUT2D eigenvalue weighted by molar-refractivity contribution is 6.31. The molecule has 4 heteroatoms. The number of carbonyl (C=O) groups is 1. The van der Waals surface area contributed by atoms with Crippen molar-refractivity contribution in [2.45, 2.75) is 25.3 Å². The van der Waals surface area contributed by atoms with Crippen molar-refractivity contribution >= 4 is 28.8 Å². The van der Waals surface area contributed by atoms with Crippen LogP contribution in [0.25, 0.3) is 5.57 Å². The summed E-state index contributed by atoms with van der Waals surface area (Å²) < 4.78 is 0. The van der Waals surface area contributed by atoms with E-state index in [1.165, 1.54) is 5.57 Å². The molecular weight excluding hydrogens is 248 g/mol. The van der Waals surface area contributed by atoms with E-state index < -0.39 is 0 Å². The molecule has 0 aromatic heterocycles. The number of anilines is 1. The van der Waals surface area contributed by atoms with Crippen molar-refractivity contribution in [2.24, 2.45) is 11.7 Å². The van der Waals surface area contributed by atoms with Gasteiger partial charge in [-0.15, -0.1) is 0 Å². The van der Waals surface area contributed by atoms with Crippen molar-refractivity contribution in [1.82, 2.24) is 0 Å². The third kappa shape index (κ3) is 1.79. The summed E-state index contributed by atoms with van der Waals surface area (Å²) >= 11 is 6.05. The number of nitrogens with one attached hydrogen (secondary N) is 1. The smallest absolute Gasteiger partial charge is 0.222 e. The molecular formula is C14H15ClN2O. The van der Waals surface area contributed by atoms with E-state index in [1.54, 1.807) is 0 Å². The van der Waals surface area contributed by atoms with Crippen molar-refractivity contribution in [2.75, 3.05) is 5.32 Å². The van der Waals surface area contributed by atoms with Crippen LogP contribution in [0.4, 0.5) is 5.69 Å². The molecule has 3 N–H and O–H groups in total. The molecule has 94 valence electrons. The number of hydrogen-bond donors (Lipinski definition) is 2. The molecule has 1 heterocycles. The molecule has 0 radical (unpaired) electrons. The maximum absolute atomic E-state index is 11.6. The number of nitrogens with two attached hydrogens (primary N) is 1. The third-order valence-electron chi connectivity index (χ3n) is 3.79. The van der Waals surface area contributed by atoms with E-state index >= 15 is 0 Å². The molecule has 1 aromatic carbocycles. The van der Waals surface area contributed by atoms with Gasteiger partial charge in [0, 0.05) is 16.3 Å². The molecule has 1 aliphatic carbocycles.